The summed E-state index contributed by atoms with van der Waals surface area (Å²) in [6, 6.07) is 8.14. The van der Waals surface area contributed by atoms with Gasteiger partial charge in [0.05, 0.1) is 0 Å². The van der Waals surface area contributed by atoms with E-state index in [4.69, 9.17) is 4.74 Å². The summed E-state index contributed by atoms with van der Waals surface area (Å²) >= 11 is 0. The Hall–Kier alpha value is -1.77. The van der Waals surface area contributed by atoms with Gasteiger partial charge in [-0.15, -0.1) is 0 Å². The number of nitrogens with one attached hydrogen (secondary N) is 1. The summed E-state index contributed by atoms with van der Waals surface area (Å²) < 4.78 is 4.97. The molecule has 1 N–H and O–H groups in total. The quantitative estimate of drug-likeness (QED) is 0.609. The molecule has 1 unspecified atom stereocenters. The van der Waals surface area contributed by atoms with Gasteiger partial charge < -0.3 is 10.1 Å². The minimum absolute atomic E-state index is 0.228. The molecule has 3 heteroatoms. The molecule has 16 heavy (non-hydrogen) atoms. The SMILES string of the molecule is CCc1ccc(/C=C2/NC(C)OC2=O)cc1. The molecule has 2 rings (SSSR count). The van der Waals surface area contributed by atoms with Crippen molar-refractivity contribution in [1.82, 2.24) is 5.32 Å². The summed E-state index contributed by atoms with van der Waals surface area (Å²) in [6.45, 7) is 3.92. The number of benzene rings is 1. The molecule has 84 valence electrons. The Morgan fingerprint density at radius 2 is 2.06 bits per heavy atom. The first-order valence-electron chi connectivity index (χ1n) is 5.47. The molecular formula is C13H15NO2. The van der Waals surface area contributed by atoms with Crippen molar-refractivity contribution in [1.29, 1.82) is 0 Å². The Morgan fingerprint density at radius 1 is 1.38 bits per heavy atom. The van der Waals surface area contributed by atoms with Crippen LogP contribution in [0.5, 0.6) is 0 Å². The van der Waals surface area contributed by atoms with Crippen LogP contribution in [-0.2, 0) is 16.0 Å². The van der Waals surface area contributed by atoms with E-state index in [1.807, 2.05) is 18.2 Å². The van der Waals surface area contributed by atoms with Gasteiger partial charge >= 0.3 is 5.97 Å². The fraction of sp³-hybridized carbons (Fsp3) is 0.308. The van der Waals surface area contributed by atoms with Gasteiger partial charge in [0, 0.05) is 0 Å². The van der Waals surface area contributed by atoms with Crippen molar-refractivity contribution in [2.24, 2.45) is 0 Å². The summed E-state index contributed by atoms with van der Waals surface area (Å²) in [4.78, 5) is 11.4. The molecule has 1 aliphatic heterocycles. The van der Waals surface area contributed by atoms with E-state index in [0.29, 0.717) is 5.70 Å². The Kier molecular flexibility index (Phi) is 2.95. The van der Waals surface area contributed by atoms with Gasteiger partial charge in [0.1, 0.15) is 5.70 Å². The number of aryl methyl sites for hydroxylation is 1. The minimum atomic E-state index is -0.285. The second-order valence-electron chi connectivity index (χ2n) is 3.85. The van der Waals surface area contributed by atoms with Gasteiger partial charge in [-0.1, -0.05) is 31.2 Å². The molecule has 0 aliphatic carbocycles. The largest absolute Gasteiger partial charge is 0.437 e. The zero-order valence-electron chi connectivity index (χ0n) is 9.49. The molecular weight excluding hydrogens is 202 g/mol. The summed E-state index contributed by atoms with van der Waals surface area (Å²) in [5, 5.41) is 2.97. The molecule has 0 amide bonds. The molecule has 1 aromatic carbocycles. The van der Waals surface area contributed by atoms with Crippen LogP contribution < -0.4 is 5.32 Å². The second-order valence-corrected chi connectivity index (χ2v) is 3.85. The van der Waals surface area contributed by atoms with Crippen LogP contribution in [0.15, 0.2) is 30.0 Å². The van der Waals surface area contributed by atoms with Crippen molar-refractivity contribution in [3.63, 3.8) is 0 Å². The number of carbonyl (C=O) groups is 1. The summed E-state index contributed by atoms with van der Waals surface area (Å²) in [7, 11) is 0. The van der Waals surface area contributed by atoms with E-state index in [1.165, 1.54) is 5.56 Å². The lowest BCUT2D eigenvalue weighted by Gasteiger charge is -2.00. The number of ether oxygens (including phenoxy) is 1. The number of hydrogen-bond acceptors (Lipinski definition) is 3. The first-order valence-corrected chi connectivity index (χ1v) is 5.47. The minimum Gasteiger partial charge on any atom is -0.437 e. The maximum Gasteiger partial charge on any atom is 0.356 e. The van der Waals surface area contributed by atoms with Crippen molar-refractivity contribution < 1.29 is 9.53 Å². The normalized spacial score (nSPS) is 22.0. The Bertz CT molecular complexity index is 420. The molecule has 0 radical (unpaired) electrons. The first kappa shape index (κ1) is 10.7. The molecule has 1 saturated heterocycles. The van der Waals surface area contributed by atoms with E-state index in [1.54, 1.807) is 6.92 Å². The fourth-order valence-electron chi connectivity index (χ4n) is 1.65. The zero-order chi connectivity index (χ0) is 11.5. The monoisotopic (exact) mass is 217 g/mol. The van der Waals surface area contributed by atoms with Crippen molar-refractivity contribution >= 4 is 12.0 Å². The molecule has 1 aromatic rings. The lowest BCUT2D eigenvalue weighted by molar-refractivity contribution is -0.138. The molecule has 1 heterocycles. The van der Waals surface area contributed by atoms with Crippen LogP contribution in [0.25, 0.3) is 6.08 Å². The van der Waals surface area contributed by atoms with Crippen molar-refractivity contribution in [2.75, 3.05) is 0 Å². The number of hydrogen-bond donors (Lipinski definition) is 1. The highest BCUT2D eigenvalue weighted by molar-refractivity contribution is 5.94. The van der Waals surface area contributed by atoms with E-state index < -0.39 is 0 Å². The third kappa shape index (κ3) is 2.24. The summed E-state index contributed by atoms with van der Waals surface area (Å²) in [6.07, 6.45) is 2.60. The van der Waals surface area contributed by atoms with Crippen LogP contribution in [-0.4, -0.2) is 12.2 Å². The number of cyclic esters (lactones) is 1. The third-order valence-electron chi connectivity index (χ3n) is 2.56. The van der Waals surface area contributed by atoms with Crippen LogP contribution in [0, 0.1) is 0 Å². The van der Waals surface area contributed by atoms with Crippen molar-refractivity contribution in [3.8, 4) is 0 Å². The standard InChI is InChI=1S/C13H15NO2/c1-3-10-4-6-11(7-5-10)8-12-13(15)16-9(2)14-12/h4-9,14H,3H2,1-2H3/b12-8+. The average molecular weight is 217 g/mol. The topological polar surface area (TPSA) is 38.3 Å². The van der Waals surface area contributed by atoms with Gasteiger partial charge in [-0.25, -0.2) is 4.79 Å². The highest BCUT2D eigenvalue weighted by atomic mass is 16.6. The predicted molar refractivity (Wildman–Crippen MR) is 62.5 cm³/mol. The molecule has 0 saturated carbocycles. The van der Waals surface area contributed by atoms with Gasteiger partial charge in [-0.05, 0) is 30.5 Å². The average Bonchev–Trinajstić information content (AvgIpc) is 2.59. The Morgan fingerprint density at radius 3 is 2.56 bits per heavy atom. The molecule has 0 aromatic heterocycles. The maximum atomic E-state index is 11.4. The van der Waals surface area contributed by atoms with E-state index in [9.17, 15) is 4.79 Å². The van der Waals surface area contributed by atoms with Crippen LogP contribution >= 0.6 is 0 Å². The van der Waals surface area contributed by atoms with Gasteiger partial charge in [0.25, 0.3) is 0 Å². The van der Waals surface area contributed by atoms with Gasteiger partial charge in [-0.3, -0.25) is 0 Å². The fourth-order valence-corrected chi connectivity index (χ4v) is 1.65. The molecule has 1 fully saturated rings. The van der Waals surface area contributed by atoms with Crippen molar-refractivity contribution in [2.45, 2.75) is 26.5 Å². The van der Waals surface area contributed by atoms with Crippen molar-refractivity contribution in [3.05, 3.63) is 41.1 Å². The highest BCUT2D eigenvalue weighted by Gasteiger charge is 2.23. The van der Waals surface area contributed by atoms with Crippen LogP contribution in [0.1, 0.15) is 25.0 Å². The molecule has 0 spiro atoms. The Balaban J connectivity index is 2.19. The van der Waals surface area contributed by atoms with Crippen LogP contribution in [0.3, 0.4) is 0 Å². The van der Waals surface area contributed by atoms with Crippen LogP contribution in [0.2, 0.25) is 0 Å². The lowest BCUT2D eigenvalue weighted by atomic mass is 10.1. The molecule has 0 bridgehead atoms. The van der Waals surface area contributed by atoms with E-state index in [0.717, 1.165) is 12.0 Å². The summed E-state index contributed by atoms with van der Waals surface area (Å²) in [5.41, 5.74) is 2.82. The van der Waals surface area contributed by atoms with Gasteiger partial charge in [0.15, 0.2) is 6.23 Å². The smallest absolute Gasteiger partial charge is 0.356 e. The number of rotatable bonds is 2. The predicted octanol–water partition coefficient (Wildman–Crippen LogP) is 2.08. The van der Waals surface area contributed by atoms with E-state index in [-0.39, 0.29) is 12.2 Å². The van der Waals surface area contributed by atoms with Gasteiger partial charge in [0.2, 0.25) is 0 Å². The maximum absolute atomic E-state index is 11.4. The second kappa shape index (κ2) is 4.39. The van der Waals surface area contributed by atoms with E-state index in [2.05, 4.69) is 24.4 Å². The highest BCUT2D eigenvalue weighted by Crippen LogP contribution is 2.13. The molecule has 3 nitrogen and oxygen atoms in total. The van der Waals surface area contributed by atoms with E-state index >= 15 is 0 Å². The zero-order valence-corrected chi connectivity index (χ0v) is 9.49. The number of esters is 1. The third-order valence-corrected chi connectivity index (χ3v) is 2.56. The number of carbonyl (C=O) groups excluding carboxylic acids is 1. The first-order chi connectivity index (χ1) is 7.69. The summed E-state index contributed by atoms with van der Waals surface area (Å²) in [5.74, 6) is -0.285. The molecule has 1 atom stereocenters. The van der Waals surface area contributed by atoms with Gasteiger partial charge in [-0.2, -0.15) is 0 Å². The molecule has 1 aliphatic rings. The Labute approximate surface area is 95.1 Å². The van der Waals surface area contributed by atoms with Crippen LogP contribution in [0.4, 0.5) is 0 Å². The lowest BCUT2D eigenvalue weighted by Crippen LogP contribution is -2.16.